The van der Waals surface area contributed by atoms with E-state index in [-0.39, 0.29) is 5.48 Å². The Bertz CT molecular complexity index is 682. The van der Waals surface area contributed by atoms with Crippen molar-refractivity contribution in [2.45, 2.75) is 27.7 Å². The standard InChI is InChI=1S/C20H25O3P/c1-5-22-10-11-23-17-6-8-18(9-7-17)24-20(21)19-15(3)12-14(2)13-16(19)4/h6-9,12-13,21H,5,10-11H2,1-4H3/p-1. The summed E-state index contributed by atoms with van der Waals surface area (Å²) in [5, 5.41) is 13.6. The van der Waals surface area contributed by atoms with Crippen molar-refractivity contribution in [1.29, 1.82) is 0 Å². The molecule has 0 N–H and O–H groups in total. The third-order valence-electron chi connectivity index (χ3n) is 3.66. The van der Waals surface area contributed by atoms with Crippen molar-refractivity contribution in [1.82, 2.24) is 0 Å². The molecule has 0 saturated carbocycles. The van der Waals surface area contributed by atoms with Crippen molar-refractivity contribution in [3.05, 3.63) is 58.7 Å². The topological polar surface area (TPSA) is 41.5 Å². The van der Waals surface area contributed by atoms with Gasteiger partial charge in [0.15, 0.2) is 0 Å². The first-order valence-electron chi connectivity index (χ1n) is 8.15. The molecule has 3 nitrogen and oxygen atoms in total. The average molecular weight is 343 g/mol. The summed E-state index contributed by atoms with van der Waals surface area (Å²) in [6.07, 6.45) is 0. The molecule has 2 aromatic carbocycles. The Morgan fingerprint density at radius 1 is 1.00 bits per heavy atom. The summed E-state index contributed by atoms with van der Waals surface area (Å²) in [5.41, 5.74) is 4.24. The third-order valence-corrected chi connectivity index (χ3v) is 4.64. The van der Waals surface area contributed by atoms with Crippen molar-refractivity contribution in [3.8, 4) is 5.75 Å². The second kappa shape index (κ2) is 8.98. The zero-order valence-electron chi connectivity index (χ0n) is 14.8. The van der Waals surface area contributed by atoms with E-state index in [9.17, 15) is 5.11 Å². The molecular formula is C20H24O3P-. The highest BCUT2D eigenvalue weighted by Crippen LogP contribution is 2.19. The van der Waals surface area contributed by atoms with Gasteiger partial charge in [0, 0.05) is 11.9 Å². The Kier molecular flexibility index (Phi) is 6.99. The van der Waals surface area contributed by atoms with Gasteiger partial charge in [-0.2, -0.15) is 0 Å². The Morgan fingerprint density at radius 2 is 1.62 bits per heavy atom. The zero-order valence-corrected chi connectivity index (χ0v) is 15.7. The fourth-order valence-electron chi connectivity index (χ4n) is 2.67. The molecule has 24 heavy (non-hydrogen) atoms. The molecule has 0 amide bonds. The van der Waals surface area contributed by atoms with Gasteiger partial charge in [-0.1, -0.05) is 25.9 Å². The molecule has 0 spiro atoms. The largest absolute Gasteiger partial charge is 0.823 e. The van der Waals surface area contributed by atoms with E-state index in [1.807, 2.05) is 45.0 Å². The molecule has 0 bridgehead atoms. The average Bonchev–Trinajstić information content (AvgIpc) is 2.52. The Hall–Kier alpha value is -1.67. The van der Waals surface area contributed by atoms with Crippen LogP contribution < -0.4 is 15.1 Å². The summed E-state index contributed by atoms with van der Waals surface area (Å²) in [4.78, 5) is 0. The van der Waals surface area contributed by atoms with Gasteiger partial charge in [-0.3, -0.25) is 0 Å². The van der Waals surface area contributed by atoms with Crippen LogP contribution in [0.15, 0.2) is 36.4 Å². The third kappa shape index (κ3) is 5.17. The monoisotopic (exact) mass is 343 g/mol. The van der Waals surface area contributed by atoms with Crippen LogP contribution in [0.2, 0.25) is 0 Å². The number of ether oxygens (including phenoxy) is 2. The lowest BCUT2D eigenvalue weighted by atomic mass is 10.0. The summed E-state index contributed by atoms with van der Waals surface area (Å²) in [7, 11) is 0.689. The van der Waals surface area contributed by atoms with E-state index in [4.69, 9.17) is 9.47 Å². The lowest BCUT2D eigenvalue weighted by Gasteiger charge is -2.18. The van der Waals surface area contributed by atoms with Crippen molar-refractivity contribution in [2.24, 2.45) is 0 Å². The van der Waals surface area contributed by atoms with Gasteiger partial charge in [0.25, 0.3) is 0 Å². The number of hydrogen-bond acceptors (Lipinski definition) is 3. The predicted molar refractivity (Wildman–Crippen MR) is 99.7 cm³/mol. The first-order chi connectivity index (χ1) is 11.5. The highest BCUT2D eigenvalue weighted by atomic mass is 31.1. The molecule has 0 unspecified atom stereocenters. The molecule has 0 saturated heterocycles. The maximum absolute atomic E-state index is 12.6. The molecule has 0 atom stereocenters. The summed E-state index contributed by atoms with van der Waals surface area (Å²) >= 11 is 0. The van der Waals surface area contributed by atoms with Gasteiger partial charge in [-0.25, -0.2) is 0 Å². The van der Waals surface area contributed by atoms with Gasteiger partial charge in [-0.05, 0) is 68.7 Å². The van der Waals surface area contributed by atoms with E-state index in [1.165, 1.54) is 5.56 Å². The van der Waals surface area contributed by atoms with Gasteiger partial charge >= 0.3 is 0 Å². The molecule has 0 radical (unpaired) electrons. The smallest absolute Gasteiger partial charge is 0.119 e. The van der Waals surface area contributed by atoms with Crippen LogP contribution in [0.1, 0.15) is 29.2 Å². The van der Waals surface area contributed by atoms with Crippen LogP contribution in [0.5, 0.6) is 5.75 Å². The molecular weight excluding hydrogens is 319 g/mol. The highest BCUT2D eigenvalue weighted by Gasteiger charge is 2.03. The molecule has 128 valence electrons. The quantitative estimate of drug-likeness (QED) is 0.573. The van der Waals surface area contributed by atoms with Gasteiger partial charge in [0.1, 0.15) is 12.4 Å². The number of aryl methyl sites for hydroxylation is 3. The van der Waals surface area contributed by atoms with Gasteiger partial charge in [0.05, 0.1) is 6.61 Å². The van der Waals surface area contributed by atoms with E-state index in [0.717, 1.165) is 27.7 Å². The lowest BCUT2D eigenvalue weighted by Crippen LogP contribution is -2.20. The zero-order chi connectivity index (χ0) is 17.5. The summed E-state index contributed by atoms with van der Waals surface area (Å²) in [6.45, 7) is 9.82. The number of benzene rings is 2. The molecule has 4 heteroatoms. The molecule has 0 aliphatic heterocycles. The maximum Gasteiger partial charge on any atom is 0.119 e. The van der Waals surface area contributed by atoms with Gasteiger partial charge < -0.3 is 14.6 Å². The molecule has 0 fully saturated rings. The predicted octanol–water partition coefficient (Wildman–Crippen LogP) is 3.14. The minimum absolute atomic E-state index is 0.134. The molecule has 0 aliphatic carbocycles. The van der Waals surface area contributed by atoms with Gasteiger partial charge in [0.2, 0.25) is 0 Å². The van der Waals surface area contributed by atoms with Crippen LogP contribution in [-0.2, 0) is 4.74 Å². The minimum Gasteiger partial charge on any atom is -0.823 e. The minimum atomic E-state index is 0.134. The highest BCUT2D eigenvalue weighted by molar-refractivity contribution is 7.49. The first-order valence-corrected chi connectivity index (χ1v) is 9.05. The van der Waals surface area contributed by atoms with E-state index in [0.29, 0.717) is 28.0 Å². The summed E-state index contributed by atoms with van der Waals surface area (Å²) in [5.74, 6) is 0.795. The van der Waals surface area contributed by atoms with E-state index in [1.54, 1.807) is 0 Å². The van der Waals surface area contributed by atoms with Gasteiger partial charge in [-0.15, -0.1) is 5.48 Å². The molecule has 0 aliphatic rings. The van der Waals surface area contributed by atoms with Crippen LogP contribution in [0.25, 0.3) is 0 Å². The summed E-state index contributed by atoms with van der Waals surface area (Å²) < 4.78 is 10.8. The van der Waals surface area contributed by atoms with Crippen LogP contribution in [0.4, 0.5) is 0 Å². The van der Waals surface area contributed by atoms with Crippen molar-refractivity contribution < 1.29 is 14.6 Å². The number of rotatable bonds is 7. The Labute approximate surface area is 146 Å². The summed E-state index contributed by atoms with van der Waals surface area (Å²) in [6, 6.07) is 11.8. The normalized spacial score (nSPS) is 11.6. The molecule has 0 aromatic heterocycles. The van der Waals surface area contributed by atoms with Crippen LogP contribution in [0, 0.1) is 20.8 Å². The molecule has 2 aromatic rings. The molecule has 2 rings (SSSR count). The van der Waals surface area contributed by atoms with E-state index < -0.39 is 0 Å². The van der Waals surface area contributed by atoms with Crippen molar-refractivity contribution >= 4 is 19.0 Å². The Morgan fingerprint density at radius 3 is 2.21 bits per heavy atom. The van der Waals surface area contributed by atoms with Crippen molar-refractivity contribution in [2.75, 3.05) is 19.8 Å². The Balaban J connectivity index is 2.11. The number of hydrogen-bond donors (Lipinski definition) is 0. The SMILES string of the molecule is CCOCCOc1ccc(P=C([O-])c2c(C)cc(C)cc2C)cc1. The molecule has 0 heterocycles. The fourth-order valence-corrected chi connectivity index (χ4v) is 3.67. The van der Waals surface area contributed by atoms with Crippen LogP contribution in [-0.4, -0.2) is 25.3 Å². The van der Waals surface area contributed by atoms with E-state index in [2.05, 4.69) is 19.1 Å². The fraction of sp³-hybridized carbons (Fsp3) is 0.350. The van der Waals surface area contributed by atoms with E-state index >= 15 is 0 Å². The first kappa shape index (κ1) is 18.7. The maximum atomic E-state index is 12.6. The van der Waals surface area contributed by atoms with Crippen LogP contribution in [0.3, 0.4) is 0 Å². The second-order valence-electron chi connectivity index (χ2n) is 5.73. The lowest BCUT2D eigenvalue weighted by molar-refractivity contribution is -0.207. The second-order valence-corrected chi connectivity index (χ2v) is 6.88. The van der Waals surface area contributed by atoms with Crippen LogP contribution >= 0.6 is 8.20 Å². The van der Waals surface area contributed by atoms with Crippen molar-refractivity contribution in [3.63, 3.8) is 0 Å².